The van der Waals surface area contributed by atoms with E-state index in [0.29, 0.717) is 16.3 Å². The lowest BCUT2D eigenvalue weighted by Crippen LogP contribution is -2.21. The van der Waals surface area contributed by atoms with E-state index in [-0.39, 0.29) is 6.54 Å². The fourth-order valence-corrected chi connectivity index (χ4v) is 1.66. The van der Waals surface area contributed by atoms with E-state index in [4.69, 9.17) is 21.9 Å². The van der Waals surface area contributed by atoms with Gasteiger partial charge in [0.25, 0.3) is 0 Å². The molecular weight excluding hydrogens is 246 g/mol. The number of aliphatic hydroxyl groups is 2. The molecule has 0 bridgehead atoms. The van der Waals surface area contributed by atoms with Crippen molar-refractivity contribution in [2.75, 3.05) is 13.7 Å². The van der Waals surface area contributed by atoms with Crippen LogP contribution in [0, 0.1) is 0 Å². The van der Waals surface area contributed by atoms with Gasteiger partial charge >= 0.3 is 0 Å². The Morgan fingerprint density at radius 1 is 1.53 bits per heavy atom. The first kappa shape index (κ1) is 13.6. The van der Waals surface area contributed by atoms with Crippen LogP contribution in [0.2, 0.25) is 5.02 Å². The number of para-hydroxylation sites is 1. The first-order valence-electron chi connectivity index (χ1n) is 4.81. The van der Waals surface area contributed by atoms with Crippen molar-refractivity contribution in [1.29, 1.82) is 0 Å². The van der Waals surface area contributed by atoms with E-state index in [9.17, 15) is 10.2 Å². The number of hydrogen-bond donors (Lipinski definition) is 2. The Morgan fingerprint density at radius 2 is 2.24 bits per heavy atom. The molecule has 17 heavy (non-hydrogen) atoms. The van der Waals surface area contributed by atoms with E-state index in [2.05, 4.69) is 10.0 Å². The molecule has 0 aromatic heterocycles. The lowest BCUT2D eigenvalue weighted by Gasteiger charge is -2.19. The number of hydrogen-bond acceptors (Lipinski definition) is 4. The minimum absolute atomic E-state index is 0.229. The summed E-state index contributed by atoms with van der Waals surface area (Å²) in [5.41, 5.74) is 8.48. The SMILES string of the molecule is COc1c(Cl)cccc1C(O)C(O)CN=[N+]=[N-]. The van der Waals surface area contributed by atoms with Gasteiger partial charge in [-0.15, -0.1) is 0 Å². The smallest absolute Gasteiger partial charge is 0.143 e. The summed E-state index contributed by atoms with van der Waals surface area (Å²) in [4.78, 5) is 2.51. The van der Waals surface area contributed by atoms with Crippen LogP contribution in [0.1, 0.15) is 11.7 Å². The van der Waals surface area contributed by atoms with Crippen molar-refractivity contribution in [1.82, 2.24) is 0 Å². The second kappa shape index (κ2) is 6.32. The van der Waals surface area contributed by atoms with Crippen LogP contribution in [0.4, 0.5) is 0 Å². The zero-order valence-electron chi connectivity index (χ0n) is 9.12. The quantitative estimate of drug-likeness (QED) is 0.480. The first-order chi connectivity index (χ1) is 8.11. The molecule has 0 amide bonds. The van der Waals surface area contributed by atoms with E-state index in [1.54, 1.807) is 18.2 Å². The molecule has 0 radical (unpaired) electrons. The molecule has 0 aliphatic heterocycles. The number of benzene rings is 1. The Bertz CT molecular complexity index is 435. The Morgan fingerprint density at radius 3 is 2.82 bits per heavy atom. The summed E-state index contributed by atoms with van der Waals surface area (Å²) in [6.45, 7) is -0.229. The van der Waals surface area contributed by atoms with E-state index >= 15 is 0 Å². The number of methoxy groups -OCH3 is 1. The highest BCUT2D eigenvalue weighted by atomic mass is 35.5. The number of ether oxygens (including phenoxy) is 1. The summed E-state index contributed by atoms with van der Waals surface area (Å²) in [6.07, 6.45) is -2.44. The molecule has 1 rings (SSSR count). The van der Waals surface area contributed by atoms with Crippen LogP contribution >= 0.6 is 11.6 Å². The Labute approximate surface area is 103 Å². The average molecular weight is 258 g/mol. The summed E-state index contributed by atoms with van der Waals surface area (Å²) in [6, 6.07) is 4.81. The number of halogens is 1. The van der Waals surface area contributed by atoms with Gasteiger partial charge < -0.3 is 14.9 Å². The molecular formula is C10H12ClN3O3. The van der Waals surface area contributed by atoms with E-state index in [1.807, 2.05) is 0 Å². The lowest BCUT2D eigenvalue weighted by atomic mass is 10.0. The highest BCUT2D eigenvalue weighted by Crippen LogP contribution is 2.33. The highest BCUT2D eigenvalue weighted by molar-refractivity contribution is 6.32. The van der Waals surface area contributed by atoms with Gasteiger partial charge in [0, 0.05) is 10.5 Å². The van der Waals surface area contributed by atoms with Crippen LogP contribution in [0.5, 0.6) is 5.75 Å². The van der Waals surface area contributed by atoms with Crippen molar-refractivity contribution in [3.63, 3.8) is 0 Å². The van der Waals surface area contributed by atoms with Crippen molar-refractivity contribution in [3.05, 3.63) is 39.2 Å². The fraction of sp³-hybridized carbons (Fsp3) is 0.400. The van der Waals surface area contributed by atoms with Crippen LogP contribution < -0.4 is 4.74 Å². The van der Waals surface area contributed by atoms with Gasteiger partial charge in [0.05, 0.1) is 24.8 Å². The normalized spacial score (nSPS) is 13.6. The van der Waals surface area contributed by atoms with Gasteiger partial charge in [0.15, 0.2) is 0 Å². The standard InChI is InChI=1S/C10H12ClN3O3/c1-17-10-6(3-2-4-7(10)11)9(16)8(15)5-13-14-12/h2-4,8-9,15-16H,5H2,1H3. The molecule has 6 nitrogen and oxygen atoms in total. The maximum atomic E-state index is 9.88. The topological polar surface area (TPSA) is 98.5 Å². The third kappa shape index (κ3) is 3.25. The lowest BCUT2D eigenvalue weighted by molar-refractivity contribution is 0.0230. The maximum absolute atomic E-state index is 9.88. The second-order valence-electron chi connectivity index (χ2n) is 3.29. The number of rotatable bonds is 5. The molecule has 0 aliphatic carbocycles. The van der Waals surface area contributed by atoms with Gasteiger partial charge in [0.2, 0.25) is 0 Å². The minimum atomic E-state index is -1.23. The third-order valence-corrected chi connectivity index (χ3v) is 2.51. The Hall–Kier alpha value is -1.46. The summed E-state index contributed by atoms with van der Waals surface area (Å²) < 4.78 is 5.05. The van der Waals surface area contributed by atoms with E-state index in [1.165, 1.54) is 7.11 Å². The Kier molecular flexibility index (Phi) is 5.06. The zero-order valence-corrected chi connectivity index (χ0v) is 9.87. The molecule has 0 saturated heterocycles. The molecule has 0 aliphatic rings. The van der Waals surface area contributed by atoms with Gasteiger partial charge in [-0.25, -0.2) is 0 Å². The third-order valence-electron chi connectivity index (χ3n) is 2.22. The summed E-state index contributed by atoms with van der Waals surface area (Å²) in [5, 5.41) is 23.0. The van der Waals surface area contributed by atoms with Crippen LogP contribution in [0.15, 0.2) is 23.3 Å². The highest BCUT2D eigenvalue weighted by Gasteiger charge is 2.22. The van der Waals surface area contributed by atoms with Crippen molar-refractivity contribution < 1.29 is 14.9 Å². The molecule has 0 saturated carbocycles. The molecule has 2 N–H and O–H groups in total. The predicted molar refractivity (Wildman–Crippen MR) is 63.0 cm³/mol. The van der Waals surface area contributed by atoms with Crippen molar-refractivity contribution in [2.45, 2.75) is 12.2 Å². The molecule has 92 valence electrons. The molecule has 1 aromatic rings. The van der Waals surface area contributed by atoms with Gasteiger partial charge in [-0.3, -0.25) is 0 Å². The van der Waals surface area contributed by atoms with E-state index < -0.39 is 12.2 Å². The summed E-state index contributed by atoms with van der Waals surface area (Å²) in [7, 11) is 1.41. The number of nitrogens with zero attached hydrogens (tertiary/aromatic N) is 3. The fourth-order valence-electron chi connectivity index (χ4n) is 1.40. The van der Waals surface area contributed by atoms with Crippen molar-refractivity contribution in [3.8, 4) is 5.75 Å². The van der Waals surface area contributed by atoms with Gasteiger partial charge in [-0.1, -0.05) is 28.8 Å². The predicted octanol–water partition coefficient (Wildman–Crippen LogP) is 2.05. The average Bonchev–Trinajstić information content (AvgIpc) is 2.34. The number of aliphatic hydroxyl groups excluding tert-OH is 2. The Balaban J connectivity index is 2.98. The summed E-state index contributed by atoms with van der Waals surface area (Å²) >= 11 is 5.88. The van der Waals surface area contributed by atoms with Crippen LogP contribution in [-0.4, -0.2) is 30.0 Å². The van der Waals surface area contributed by atoms with Gasteiger partial charge in [0.1, 0.15) is 11.9 Å². The summed E-state index contributed by atoms with van der Waals surface area (Å²) in [5.74, 6) is 0.293. The largest absolute Gasteiger partial charge is 0.495 e. The molecule has 2 unspecified atom stereocenters. The number of azide groups is 1. The zero-order chi connectivity index (χ0) is 12.8. The van der Waals surface area contributed by atoms with E-state index in [0.717, 1.165) is 0 Å². The monoisotopic (exact) mass is 257 g/mol. The van der Waals surface area contributed by atoms with Crippen molar-refractivity contribution >= 4 is 11.6 Å². The second-order valence-corrected chi connectivity index (χ2v) is 3.70. The molecule has 0 spiro atoms. The molecule has 0 fully saturated rings. The van der Waals surface area contributed by atoms with Crippen LogP contribution in [0.3, 0.4) is 0 Å². The first-order valence-corrected chi connectivity index (χ1v) is 5.19. The maximum Gasteiger partial charge on any atom is 0.143 e. The van der Waals surface area contributed by atoms with Crippen LogP contribution in [-0.2, 0) is 0 Å². The minimum Gasteiger partial charge on any atom is -0.495 e. The van der Waals surface area contributed by atoms with Crippen LogP contribution in [0.25, 0.3) is 10.4 Å². The van der Waals surface area contributed by atoms with Gasteiger partial charge in [-0.2, -0.15) is 0 Å². The van der Waals surface area contributed by atoms with Crippen molar-refractivity contribution in [2.24, 2.45) is 5.11 Å². The van der Waals surface area contributed by atoms with Gasteiger partial charge in [-0.05, 0) is 11.6 Å². The molecule has 1 aromatic carbocycles. The molecule has 0 heterocycles. The molecule has 2 atom stereocenters. The molecule has 7 heteroatoms.